The van der Waals surface area contributed by atoms with Crippen molar-refractivity contribution in [2.75, 3.05) is 7.11 Å². The van der Waals surface area contributed by atoms with Gasteiger partial charge in [-0.05, 0) is 18.2 Å². The fraction of sp³-hybridized carbons (Fsp3) is 0.143. The SMILES string of the molecule is COc1cccc(S)c1.[NaH]. The van der Waals surface area contributed by atoms with E-state index >= 15 is 0 Å². The van der Waals surface area contributed by atoms with Crippen LogP contribution in [0.5, 0.6) is 5.75 Å². The molecule has 0 fully saturated rings. The summed E-state index contributed by atoms with van der Waals surface area (Å²) in [5.74, 6) is 0.850. The van der Waals surface area contributed by atoms with Crippen molar-refractivity contribution in [3.05, 3.63) is 24.3 Å². The Morgan fingerprint density at radius 1 is 1.40 bits per heavy atom. The summed E-state index contributed by atoms with van der Waals surface area (Å²) in [6.07, 6.45) is 0. The number of hydrogen-bond acceptors (Lipinski definition) is 2. The van der Waals surface area contributed by atoms with Crippen molar-refractivity contribution >= 4 is 42.2 Å². The van der Waals surface area contributed by atoms with Gasteiger partial charge in [0.25, 0.3) is 0 Å². The van der Waals surface area contributed by atoms with Gasteiger partial charge in [-0.15, -0.1) is 12.6 Å². The molecule has 1 aromatic carbocycles. The Hall–Kier alpha value is 0.370. The number of benzene rings is 1. The molecule has 0 radical (unpaired) electrons. The number of methoxy groups -OCH3 is 1. The monoisotopic (exact) mass is 164 g/mol. The van der Waals surface area contributed by atoms with Gasteiger partial charge in [-0.2, -0.15) is 0 Å². The zero-order chi connectivity index (χ0) is 6.69. The standard InChI is InChI=1S/C7H8OS.Na.H/c1-8-6-3-2-4-7(9)5-6;;/h2-5,9H,1H3;;. The van der Waals surface area contributed by atoms with E-state index in [-0.39, 0.29) is 29.6 Å². The minimum absolute atomic E-state index is 0. The molecule has 10 heavy (non-hydrogen) atoms. The zero-order valence-corrected chi connectivity index (χ0v) is 6.06. The minimum atomic E-state index is 0. The van der Waals surface area contributed by atoms with Crippen molar-refractivity contribution in [1.82, 2.24) is 0 Å². The number of hydrogen-bond donors (Lipinski definition) is 1. The van der Waals surface area contributed by atoms with Crippen LogP contribution in [-0.2, 0) is 0 Å². The molecule has 0 N–H and O–H groups in total. The molecule has 0 atom stereocenters. The van der Waals surface area contributed by atoms with Crippen LogP contribution in [0.15, 0.2) is 29.2 Å². The van der Waals surface area contributed by atoms with Gasteiger partial charge in [0.1, 0.15) is 5.75 Å². The van der Waals surface area contributed by atoms with E-state index in [4.69, 9.17) is 4.74 Å². The molecular weight excluding hydrogens is 155 g/mol. The van der Waals surface area contributed by atoms with Crippen LogP contribution in [0.4, 0.5) is 0 Å². The number of ether oxygens (including phenoxy) is 1. The van der Waals surface area contributed by atoms with Crippen molar-refractivity contribution in [3.63, 3.8) is 0 Å². The van der Waals surface area contributed by atoms with E-state index in [1.807, 2.05) is 24.3 Å². The van der Waals surface area contributed by atoms with Crippen LogP contribution in [-0.4, -0.2) is 36.7 Å². The number of rotatable bonds is 1. The van der Waals surface area contributed by atoms with E-state index in [9.17, 15) is 0 Å². The van der Waals surface area contributed by atoms with Gasteiger partial charge in [-0.3, -0.25) is 0 Å². The first-order chi connectivity index (χ1) is 4.33. The Morgan fingerprint density at radius 2 is 2.10 bits per heavy atom. The van der Waals surface area contributed by atoms with Crippen molar-refractivity contribution in [1.29, 1.82) is 0 Å². The average molecular weight is 164 g/mol. The van der Waals surface area contributed by atoms with Crippen LogP contribution in [0.25, 0.3) is 0 Å². The molecule has 1 nitrogen and oxygen atoms in total. The van der Waals surface area contributed by atoms with E-state index in [0.29, 0.717) is 0 Å². The zero-order valence-electron chi connectivity index (χ0n) is 5.16. The first kappa shape index (κ1) is 10.4. The predicted octanol–water partition coefficient (Wildman–Crippen LogP) is 1.34. The van der Waals surface area contributed by atoms with Crippen molar-refractivity contribution in [2.24, 2.45) is 0 Å². The first-order valence-electron chi connectivity index (χ1n) is 2.66. The van der Waals surface area contributed by atoms with Crippen LogP contribution >= 0.6 is 12.6 Å². The van der Waals surface area contributed by atoms with E-state index < -0.39 is 0 Å². The quantitative estimate of drug-likeness (QED) is 0.486. The summed E-state index contributed by atoms with van der Waals surface area (Å²) in [7, 11) is 1.64. The molecule has 0 heterocycles. The molecule has 1 rings (SSSR count). The molecule has 0 aromatic heterocycles. The second-order valence-electron chi connectivity index (χ2n) is 1.70. The maximum atomic E-state index is 4.95. The first-order valence-corrected chi connectivity index (χ1v) is 3.10. The van der Waals surface area contributed by atoms with Gasteiger partial charge < -0.3 is 4.74 Å². The molecule has 0 amide bonds. The van der Waals surface area contributed by atoms with E-state index in [1.165, 1.54) is 0 Å². The van der Waals surface area contributed by atoms with Gasteiger partial charge in [0.15, 0.2) is 0 Å². The molecule has 0 bridgehead atoms. The second kappa shape index (κ2) is 5.08. The van der Waals surface area contributed by atoms with E-state index in [2.05, 4.69) is 12.6 Å². The normalized spacial score (nSPS) is 8.20. The summed E-state index contributed by atoms with van der Waals surface area (Å²) in [6.45, 7) is 0. The van der Waals surface area contributed by atoms with Crippen LogP contribution in [0, 0.1) is 0 Å². The second-order valence-corrected chi connectivity index (χ2v) is 2.22. The Morgan fingerprint density at radius 3 is 2.50 bits per heavy atom. The van der Waals surface area contributed by atoms with Crippen LogP contribution in [0.3, 0.4) is 0 Å². The predicted molar refractivity (Wildman–Crippen MR) is 47.4 cm³/mol. The fourth-order valence-electron chi connectivity index (χ4n) is 0.610. The third-order valence-corrected chi connectivity index (χ3v) is 1.33. The third kappa shape index (κ3) is 2.97. The fourth-order valence-corrected chi connectivity index (χ4v) is 0.824. The van der Waals surface area contributed by atoms with Crippen LogP contribution in [0.1, 0.15) is 0 Å². The molecule has 1 aromatic rings. The van der Waals surface area contributed by atoms with E-state index in [1.54, 1.807) is 7.11 Å². The van der Waals surface area contributed by atoms with Gasteiger partial charge in [0.2, 0.25) is 0 Å². The molecule has 50 valence electrons. The van der Waals surface area contributed by atoms with E-state index in [0.717, 1.165) is 10.6 Å². The van der Waals surface area contributed by atoms with Crippen molar-refractivity contribution < 1.29 is 4.74 Å². The summed E-state index contributed by atoms with van der Waals surface area (Å²) >= 11 is 4.13. The Labute approximate surface area is 88.5 Å². The van der Waals surface area contributed by atoms with Crippen LogP contribution in [0.2, 0.25) is 0 Å². The summed E-state index contributed by atoms with van der Waals surface area (Å²) in [4.78, 5) is 0.925. The molecule has 0 unspecified atom stereocenters. The van der Waals surface area contributed by atoms with Gasteiger partial charge in [0, 0.05) is 4.90 Å². The molecule has 0 aliphatic heterocycles. The molecule has 0 saturated heterocycles. The molecule has 0 spiro atoms. The molecule has 3 heteroatoms. The summed E-state index contributed by atoms with van der Waals surface area (Å²) < 4.78 is 4.95. The molecule has 0 aliphatic rings. The summed E-state index contributed by atoms with van der Waals surface area (Å²) in [5, 5.41) is 0. The molecular formula is C7H9NaOS. The van der Waals surface area contributed by atoms with Gasteiger partial charge in [0.05, 0.1) is 7.11 Å². The van der Waals surface area contributed by atoms with Crippen LogP contribution < -0.4 is 4.74 Å². The maximum absolute atomic E-state index is 4.95. The Balaban J connectivity index is 0.000000810. The molecule has 0 saturated carbocycles. The Kier molecular flexibility index (Phi) is 5.27. The van der Waals surface area contributed by atoms with Gasteiger partial charge >= 0.3 is 29.6 Å². The number of thiol groups is 1. The summed E-state index contributed by atoms with van der Waals surface area (Å²) in [5.41, 5.74) is 0. The topological polar surface area (TPSA) is 9.23 Å². The van der Waals surface area contributed by atoms with Gasteiger partial charge in [-0.25, -0.2) is 0 Å². The van der Waals surface area contributed by atoms with Crippen molar-refractivity contribution in [2.45, 2.75) is 4.90 Å². The Bertz CT molecular complexity index is 203. The van der Waals surface area contributed by atoms with Gasteiger partial charge in [-0.1, -0.05) is 6.07 Å². The summed E-state index contributed by atoms with van der Waals surface area (Å²) in [6, 6.07) is 7.57. The average Bonchev–Trinajstić information content (AvgIpc) is 1.88. The molecule has 0 aliphatic carbocycles. The van der Waals surface area contributed by atoms with Crippen molar-refractivity contribution in [3.8, 4) is 5.75 Å². The third-order valence-electron chi connectivity index (χ3n) is 1.05.